The zero-order valence-electron chi connectivity index (χ0n) is 9.64. The molecule has 1 unspecified atom stereocenters. The van der Waals surface area contributed by atoms with Crippen LogP contribution in [0.2, 0.25) is 0 Å². The molecule has 0 saturated carbocycles. The third-order valence-corrected chi connectivity index (χ3v) is 5.46. The van der Waals surface area contributed by atoms with E-state index in [1.807, 2.05) is 4.67 Å². The first-order chi connectivity index (χ1) is 7.65. The molecule has 0 aromatic rings. The molecule has 1 aliphatic rings. The van der Waals surface area contributed by atoms with Gasteiger partial charge in [-0.05, 0) is 19.9 Å². The molecule has 96 valence electrons. The molecule has 0 aliphatic carbocycles. The van der Waals surface area contributed by atoms with Crippen LogP contribution in [0, 0.1) is 0 Å². The van der Waals surface area contributed by atoms with Crippen LogP contribution in [0.25, 0.3) is 0 Å². The van der Waals surface area contributed by atoms with Crippen molar-refractivity contribution >= 4 is 19.3 Å². The Morgan fingerprint density at radius 1 is 1.62 bits per heavy atom. The minimum atomic E-state index is -2.89. The van der Waals surface area contributed by atoms with Crippen molar-refractivity contribution in [3.8, 4) is 0 Å². The van der Waals surface area contributed by atoms with Gasteiger partial charge in [0.2, 0.25) is 0 Å². The molecule has 0 spiro atoms. The molecule has 1 atom stereocenters. The monoisotopic (exact) mass is 270 g/mol. The molecule has 1 fully saturated rings. The molecule has 7 heteroatoms. The Labute approximate surface area is 102 Å². The van der Waals surface area contributed by atoms with E-state index in [1.165, 1.54) is 0 Å². The summed E-state index contributed by atoms with van der Waals surface area (Å²) in [5.74, 6) is 0.428. The van der Waals surface area contributed by atoms with Gasteiger partial charge in [0.1, 0.15) is 0 Å². The average Bonchev–Trinajstić information content (AvgIpc) is 2.28. The zero-order valence-corrected chi connectivity index (χ0v) is 11.3. The number of hydrogen-bond donors (Lipinski definition) is 1. The van der Waals surface area contributed by atoms with Crippen LogP contribution in [-0.4, -0.2) is 60.2 Å². The summed E-state index contributed by atoms with van der Waals surface area (Å²) < 4.78 is 21.6. The first-order valence-corrected chi connectivity index (χ1v) is 7.60. The lowest BCUT2D eigenvalue weighted by Gasteiger charge is -2.39. The van der Waals surface area contributed by atoms with E-state index >= 15 is 0 Å². The number of alkyl halides is 1. The van der Waals surface area contributed by atoms with Gasteiger partial charge in [-0.15, -0.1) is 11.6 Å². The van der Waals surface area contributed by atoms with Gasteiger partial charge in [0.05, 0.1) is 6.61 Å². The first-order valence-electron chi connectivity index (χ1n) is 5.53. The van der Waals surface area contributed by atoms with Gasteiger partial charge < -0.3 is 9.63 Å². The normalized spacial score (nSPS) is 27.5. The van der Waals surface area contributed by atoms with Crippen molar-refractivity contribution in [1.82, 2.24) is 9.34 Å². The molecule has 1 heterocycles. The molecule has 0 aromatic carbocycles. The molecule has 0 amide bonds. The largest absolute Gasteiger partial charge is 0.396 e. The SMILES string of the molecule is CN(CCCl)P1(=O)OCCCN1CCCO. The maximum Gasteiger partial charge on any atom is 0.345 e. The minimum Gasteiger partial charge on any atom is -0.396 e. The Morgan fingerprint density at radius 3 is 3.00 bits per heavy atom. The maximum atomic E-state index is 12.6. The lowest BCUT2D eigenvalue weighted by molar-refractivity contribution is 0.166. The Hall–Kier alpha value is 0.360. The minimum absolute atomic E-state index is 0.107. The topological polar surface area (TPSA) is 53.0 Å². The summed E-state index contributed by atoms with van der Waals surface area (Å²) in [5, 5.41) is 8.82. The van der Waals surface area contributed by atoms with Crippen LogP contribution in [0.5, 0.6) is 0 Å². The van der Waals surface area contributed by atoms with Gasteiger partial charge in [0.25, 0.3) is 0 Å². The van der Waals surface area contributed by atoms with E-state index in [2.05, 4.69) is 0 Å². The fourth-order valence-electron chi connectivity index (χ4n) is 1.69. The van der Waals surface area contributed by atoms with Gasteiger partial charge in [-0.1, -0.05) is 0 Å². The molecule has 0 radical (unpaired) electrons. The molecule has 5 nitrogen and oxygen atoms in total. The maximum absolute atomic E-state index is 12.6. The molecular formula is C9H20ClN2O3P. The smallest absolute Gasteiger partial charge is 0.345 e. The van der Waals surface area contributed by atoms with Crippen molar-refractivity contribution in [2.75, 3.05) is 45.8 Å². The van der Waals surface area contributed by atoms with Crippen molar-refractivity contribution in [2.45, 2.75) is 12.8 Å². The highest BCUT2D eigenvalue weighted by Crippen LogP contribution is 2.55. The van der Waals surface area contributed by atoms with E-state index in [9.17, 15) is 4.57 Å². The fourth-order valence-corrected chi connectivity index (χ4v) is 4.36. The van der Waals surface area contributed by atoms with Crippen molar-refractivity contribution in [3.63, 3.8) is 0 Å². The second-order valence-electron chi connectivity index (χ2n) is 3.78. The quantitative estimate of drug-likeness (QED) is 0.584. The van der Waals surface area contributed by atoms with Crippen LogP contribution >= 0.6 is 19.3 Å². The number of rotatable bonds is 6. The van der Waals surface area contributed by atoms with Gasteiger partial charge in [-0.2, -0.15) is 0 Å². The van der Waals surface area contributed by atoms with Gasteiger partial charge in [-0.25, -0.2) is 9.34 Å². The van der Waals surface area contributed by atoms with E-state index in [1.54, 1.807) is 11.7 Å². The van der Waals surface area contributed by atoms with E-state index in [0.29, 0.717) is 32.0 Å². The third-order valence-electron chi connectivity index (χ3n) is 2.59. The van der Waals surface area contributed by atoms with Crippen molar-refractivity contribution < 1.29 is 14.2 Å². The van der Waals surface area contributed by atoms with Gasteiger partial charge >= 0.3 is 7.67 Å². The molecule has 1 saturated heterocycles. The van der Waals surface area contributed by atoms with E-state index in [4.69, 9.17) is 21.2 Å². The Balaban J connectivity index is 2.66. The molecule has 1 aliphatic heterocycles. The summed E-state index contributed by atoms with van der Waals surface area (Å²) in [6.07, 6.45) is 1.49. The summed E-state index contributed by atoms with van der Waals surface area (Å²) in [6.45, 7) is 2.52. The number of hydrogen-bond acceptors (Lipinski definition) is 3. The molecule has 1 rings (SSSR count). The molecule has 16 heavy (non-hydrogen) atoms. The van der Waals surface area contributed by atoms with E-state index < -0.39 is 7.67 Å². The molecular weight excluding hydrogens is 251 g/mol. The van der Waals surface area contributed by atoms with Gasteiger partial charge in [0, 0.05) is 32.1 Å². The predicted octanol–water partition coefficient (Wildman–Crippen LogP) is 1.37. The summed E-state index contributed by atoms with van der Waals surface area (Å²) in [4.78, 5) is 0. The summed E-state index contributed by atoms with van der Waals surface area (Å²) in [6, 6.07) is 0. The zero-order chi connectivity index (χ0) is 12.0. The van der Waals surface area contributed by atoms with Crippen LogP contribution < -0.4 is 0 Å². The Morgan fingerprint density at radius 2 is 2.38 bits per heavy atom. The first kappa shape index (κ1) is 14.4. The molecule has 0 bridgehead atoms. The Bertz CT molecular complexity index is 255. The predicted molar refractivity (Wildman–Crippen MR) is 64.8 cm³/mol. The third kappa shape index (κ3) is 3.42. The van der Waals surface area contributed by atoms with Gasteiger partial charge in [0.15, 0.2) is 0 Å². The second-order valence-corrected chi connectivity index (χ2v) is 6.64. The molecule has 1 N–H and O–H groups in total. The van der Waals surface area contributed by atoms with E-state index in [0.717, 1.165) is 13.0 Å². The highest BCUT2D eigenvalue weighted by molar-refractivity contribution is 7.54. The highest BCUT2D eigenvalue weighted by Gasteiger charge is 2.38. The van der Waals surface area contributed by atoms with Crippen LogP contribution in [0.3, 0.4) is 0 Å². The average molecular weight is 271 g/mol. The van der Waals surface area contributed by atoms with Crippen molar-refractivity contribution in [3.05, 3.63) is 0 Å². The second kappa shape index (κ2) is 6.94. The van der Waals surface area contributed by atoms with Crippen LogP contribution in [0.15, 0.2) is 0 Å². The summed E-state index contributed by atoms with van der Waals surface area (Å²) in [5.41, 5.74) is 0. The summed E-state index contributed by atoms with van der Waals surface area (Å²) in [7, 11) is -1.13. The number of aliphatic hydroxyl groups excluding tert-OH is 1. The number of aliphatic hydroxyl groups is 1. The van der Waals surface area contributed by atoms with Crippen LogP contribution in [-0.2, 0) is 9.09 Å². The van der Waals surface area contributed by atoms with Crippen molar-refractivity contribution in [2.24, 2.45) is 0 Å². The number of halogens is 1. The molecule has 0 aromatic heterocycles. The lowest BCUT2D eigenvalue weighted by atomic mass is 10.4. The van der Waals surface area contributed by atoms with Gasteiger partial charge in [-0.3, -0.25) is 4.57 Å². The number of nitrogens with zero attached hydrogens (tertiary/aromatic N) is 2. The standard InChI is InChI=1S/C9H20ClN2O3P/c1-11(7-4-10)16(14)12(5-2-8-13)6-3-9-15-16/h13H,2-9H2,1H3. The van der Waals surface area contributed by atoms with Crippen LogP contribution in [0.4, 0.5) is 0 Å². The Kier molecular flexibility index (Phi) is 6.26. The fraction of sp³-hybridized carbons (Fsp3) is 1.00. The summed E-state index contributed by atoms with van der Waals surface area (Å²) >= 11 is 5.65. The van der Waals surface area contributed by atoms with Crippen LogP contribution in [0.1, 0.15) is 12.8 Å². The lowest BCUT2D eigenvalue weighted by Crippen LogP contribution is -2.37. The highest BCUT2D eigenvalue weighted by atomic mass is 35.5. The van der Waals surface area contributed by atoms with E-state index in [-0.39, 0.29) is 6.61 Å². The van der Waals surface area contributed by atoms with Crippen molar-refractivity contribution in [1.29, 1.82) is 0 Å².